The van der Waals surface area contributed by atoms with Crippen molar-refractivity contribution >= 4 is 11.6 Å². The molecule has 0 atom stereocenters. The molecule has 0 aromatic heterocycles. The normalized spacial score (nSPS) is 10.3. The number of carbonyl (C=O) groups is 1. The number of amides is 1. The molecule has 1 aromatic carbocycles. The highest BCUT2D eigenvalue weighted by atomic mass is 16.2. The Morgan fingerprint density at radius 2 is 2.00 bits per heavy atom. The summed E-state index contributed by atoms with van der Waals surface area (Å²) in [4.78, 5) is 13.9. The molecule has 94 valence electrons. The third-order valence-electron chi connectivity index (χ3n) is 2.73. The van der Waals surface area contributed by atoms with Crippen LogP contribution in [-0.2, 0) is 4.79 Å². The van der Waals surface area contributed by atoms with Crippen molar-refractivity contribution in [1.29, 1.82) is 0 Å². The Labute approximate surface area is 104 Å². The van der Waals surface area contributed by atoms with Gasteiger partial charge < -0.3 is 10.2 Å². The summed E-state index contributed by atoms with van der Waals surface area (Å²) < 4.78 is 0. The van der Waals surface area contributed by atoms with Gasteiger partial charge in [0.15, 0.2) is 0 Å². The summed E-state index contributed by atoms with van der Waals surface area (Å²) in [5.74, 6) is 0.134. The lowest BCUT2D eigenvalue weighted by Crippen LogP contribution is -2.38. The molecule has 0 heterocycles. The van der Waals surface area contributed by atoms with Crippen molar-refractivity contribution in [3.05, 3.63) is 29.8 Å². The molecule has 17 heavy (non-hydrogen) atoms. The first-order valence-electron chi connectivity index (χ1n) is 6.27. The van der Waals surface area contributed by atoms with Gasteiger partial charge in [-0.2, -0.15) is 0 Å². The smallest absolute Gasteiger partial charge is 0.240 e. The number of likely N-dealkylation sites (N-methyl/N-ethyl adjacent to an activating group) is 1. The summed E-state index contributed by atoms with van der Waals surface area (Å²) in [6.45, 7) is 8.13. The Hall–Kier alpha value is -1.35. The topological polar surface area (TPSA) is 32.3 Å². The van der Waals surface area contributed by atoms with Crippen molar-refractivity contribution in [1.82, 2.24) is 5.32 Å². The fourth-order valence-corrected chi connectivity index (χ4v) is 1.81. The minimum absolute atomic E-state index is 0.134. The zero-order valence-electron chi connectivity index (χ0n) is 11.0. The van der Waals surface area contributed by atoms with E-state index in [1.807, 2.05) is 43.0 Å². The van der Waals surface area contributed by atoms with Gasteiger partial charge >= 0.3 is 0 Å². The summed E-state index contributed by atoms with van der Waals surface area (Å²) in [5.41, 5.74) is 2.15. The molecular weight excluding hydrogens is 212 g/mol. The number of carbonyl (C=O) groups excluding carboxylic acids is 1. The van der Waals surface area contributed by atoms with Crippen LogP contribution in [0.4, 0.5) is 5.69 Å². The van der Waals surface area contributed by atoms with Crippen LogP contribution >= 0.6 is 0 Å². The molecule has 0 aliphatic carbocycles. The molecule has 0 saturated heterocycles. The van der Waals surface area contributed by atoms with Gasteiger partial charge in [0.1, 0.15) is 0 Å². The van der Waals surface area contributed by atoms with E-state index >= 15 is 0 Å². The maximum absolute atomic E-state index is 12.1. The zero-order chi connectivity index (χ0) is 12.7. The van der Waals surface area contributed by atoms with Gasteiger partial charge in [-0.15, -0.1) is 0 Å². The molecule has 3 heteroatoms. The molecule has 1 N–H and O–H groups in total. The highest BCUT2D eigenvalue weighted by Crippen LogP contribution is 2.18. The number of rotatable bonds is 6. The molecule has 0 radical (unpaired) electrons. The fraction of sp³-hybridized carbons (Fsp3) is 0.500. The summed E-state index contributed by atoms with van der Waals surface area (Å²) in [6.07, 6.45) is 1.05. The van der Waals surface area contributed by atoms with Crippen molar-refractivity contribution in [3.63, 3.8) is 0 Å². The largest absolute Gasteiger partial charge is 0.311 e. The molecular formula is C14H22N2O. The first-order chi connectivity index (χ1) is 8.20. The van der Waals surface area contributed by atoms with Gasteiger partial charge in [0, 0.05) is 12.2 Å². The van der Waals surface area contributed by atoms with Crippen LogP contribution in [-0.4, -0.2) is 25.5 Å². The van der Waals surface area contributed by atoms with Crippen LogP contribution in [0.1, 0.15) is 25.8 Å². The predicted octanol–water partition coefficient (Wildman–Crippen LogP) is 2.35. The number of hydrogen-bond donors (Lipinski definition) is 1. The number of hydrogen-bond acceptors (Lipinski definition) is 2. The number of anilines is 1. The van der Waals surface area contributed by atoms with E-state index < -0.39 is 0 Å². The van der Waals surface area contributed by atoms with Crippen LogP contribution in [0.15, 0.2) is 24.3 Å². The molecule has 0 unspecified atom stereocenters. The Morgan fingerprint density at radius 1 is 1.29 bits per heavy atom. The number of para-hydroxylation sites is 1. The van der Waals surface area contributed by atoms with E-state index in [0.717, 1.165) is 24.2 Å². The third-order valence-corrected chi connectivity index (χ3v) is 2.73. The van der Waals surface area contributed by atoms with Gasteiger partial charge in [0.05, 0.1) is 6.54 Å². The highest BCUT2D eigenvalue weighted by Gasteiger charge is 2.14. The van der Waals surface area contributed by atoms with Crippen LogP contribution in [0.25, 0.3) is 0 Å². The molecule has 0 fully saturated rings. The van der Waals surface area contributed by atoms with Crippen molar-refractivity contribution < 1.29 is 4.79 Å². The van der Waals surface area contributed by atoms with E-state index in [2.05, 4.69) is 12.2 Å². The Morgan fingerprint density at radius 3 is 2.59 bits per heavy atom. The van der Waals surface area contributed by atoms with Gasteiger partial charge in [-0.3, -0.25) is 4.79 Å². The lowest BCUT2D eigenvalue weighted by atomic mass is 10.2. The van der Waals surface area contributed by atoms with E-state index in [-0.39, 0.29) is 5.91 Å². The van der Waals surface area contributed by atoms with Crippen LogP contribution in [0.2, 0.25) is 0 Å². The zero-order valence-corrected chi connectivity index (χ0v) is 11.0. The van der Waals surface area contributed by atoms with Crippen LogP contribution in [0.3, 0.4) is 0 Å². The van der Waals surface area contributed by atoms with Gasteiger partial charge in [-0.05, 0) is 38.4 Å². The van der Waals surface area contributed by atoms with E-state index in [0.29, 0.717) is 13.1 Å². The molecule has 0 bridgehead atoms. The predicted molar refractivity (Wildman–Crippen MR) is 72.4 cm³/mol. The molecule has 0 aliphatic rings. The van der Waals surface area contributed by atoms with Gasteiger partial charge in [0.25, 0.3) is 0 Å². The van der Waals surface area contributed by atoms with Gasteiger partial charge in [-0.1, -0.05) is 25.1 Å². The monoisotopic (exact) mass is 234 g/mol. The standard InChI is InChI=1S/C14H22N2O/c1-4-10-15-11-14(17)16(5-2)13-9-7-6-8-12(13)3/h6-9,15H,4-5,10-11H2,1-3H3. The fourth-order valence-electron chi connectivity index (χ4n) is 1.81. The molecule has 3 nitrogen and oxygen atoms in total. The first-order valence-corrected chi connectivity index (χ1v) is 6.27. The summed E-state index contributed by atoms with van der Waals surface area (Å²) >= 11 is 0. The third kappa shape index (κ3) is 3.86. The Bertz CT molecular complexity index is 363. The molecule has 1 rings (SSSR count). The molecule has 1 aromatic rings. The highest BCUT2D eigenvalue weighted by molar-refractivity contribution is 5.95. The number of aryl methyl sites for hydroxylation is 1. The van der Waals surface area contributed by atoms with Crippen molar-refractivity contribution in [2.45, 2.75) is 27.2 Å². The second-order valence-corrected chi connectivity index (χ2v) is 4.10. The molecule has 1 amide bonds. The number of nitrogens with zero attached hydrogens (tertiary/aromatic N) is 1. The summed E-state index contributed by atoms with van der Waals surface area (Å²) in [5, 5.41) is 3.15. The average Bonchev–Trinajstić information content (AvgIpc) is 2.33. The van der Waals surface area contributed by atoms with Crippen LogP contribution < -0.4 is 10.2 Å². The van der Waals surface area contributed by atoms with Crippen molar-refractivity contribution in [2.75, 3.05) is 24.5 Å². The lowest BCUT2D eigenvalue weighted by Gasteiger charge is -2.23. The number of nitrogens with one attached hydrogen (secondary N) is 1. The van der Waals surface area contributed by atoms with E-state index in [1.54, 1.807) is 0 Å². The minimum atomic E-state index is 0.134. The van der Waals surface area contributed by atoms with Crippen LogP contribution in [0, 0.1) is 6.92 Å². The van der Waals surface area contributed by atoms with E-state index in [1.165, 1.54) is 0 Å². The Kier molecular flexibility index (Phi) is 5.70. The lowest BCUT2D eigenvalue weighted by molar-refractivity contribution is -0.117. The second-order valence-electron chi connectivity index (χ2n) is 4.10. The van der Waals surface area contributed by atoms with Gasteiger partial charge in [-0.25, -0.2) is 0 Å². The van der Waals surface area contributed by atoms with Crippen LogP contribution in [0.5, 0.6) is 0 Å². The maximum atomic E-state index is 12.1. The van der Waals surface area contributed by atoms with Crippen molar-refractivity contribution in [2.24, 2.45) is 0 Å². The second kappa shape index (κ2) is 7.07. The SMILES string of the molecule is CCCNCC(=O)N(CC)c1ccccc1C. The number of benzene rings is 1. The van der Waals surface area contributed by atoms with Crippen molar-refractivity contribution in [3.8, 4) is 0 Å². The van der Waals surface area contributed by atoms with E-state index in [9.17, 15) is 4.79 Å². The summed E-state index contributed by atoms with van der Waals surface area (Å²) in [7, 11) is 0. The van der Waals surface area contributed by atoms with Gasteiger partial charge in [0.2, 0.25) is 5.91 Å². The average molecular weight is 234 g/mol. The molecule has 0 aliphatic heterocycles. The minimum Gasteiger partial charge on any atom is -0.311 e. The molecule has 0 spiro atoms. The molecule has 0 saturated carbocycles. The quantitative estimate of drug-likeness (QED) is 0.766. The first kappa shape index (κ1) is 13.7. The summed E-state index contributed by atoms with van der Waals surface area (Å²) in [6, 6.07) is 7.99. The Balaban J connectivity index is 2.71. The maximum Gasteiger partial charge on any atom is 0.240 e. The van der Waals surface area contributed by atoms with E-state index in [4.69, 9.17) is 0 Å².